The highest BCUT2D eigenvalue weighted by molar-refractivity contribution is 7.27. The van der Waals surface area contributed by atoms with Crippen LogP contribution < -0.4 is 0 Å². The zero-order valence-corrected chi connectivity index (χ0v) is 38.7. The summed E-state index contributed by atoms with van der Waals surface area (Å²) in [5, 5.41) is 6.07. The lowest BCUT2D eigenvalue weighted by atomic mass is 9.97. The second-order valence-electron chi connectivity index (χ2n) is 17.6. The normalized spacial score (nSPS) is 11.8. The zero-order chi connectivity index (χ0) is 45.4. The number of benzene rings is 10. The molecule has 14 aromatic rings. The zero-order valence-electron chi connectivity index (χ0n) is 37.1. The van der Waals surface area contributed by atoms with E-state index in [4.69, 9.17) is 14.4 Å². The van der Waals surface area contributed by atoms with Gasteiger partial charge >= 0.3 is 0 Å². The molecule has 0 fully saturated rings. The van der Waals surface area contributed by atoms with Gasteiger partial charge in [0.2, 0.25) is 0 Å². The van der Waals surface area contributed by atoms with Crippen LogP contribution in [-0.2, 0) is 0 Å². The summed E-state index contributed by atoms with van der Waals surface area (Å²) < 4.78 is 11.9. The molecule has 14 rings (SSSR count). The Hall–Kier alpha value is -8.48. The largest absolute Gasteiger partial charge is 0.452 e. The van der Waals surface area contributed by atoms with Crippen LogP contribution in [0.4, 0.5) is 0 Å². The van der Waals surface area contributed by atoms with E-state index in [1.807, 2.05) is 40.9 Å². The van der Waals surface area contributed by atoms with Crippen molar-refractivity contribution in [1.82, 2.24) is 9.97 Å². The molecule has 0 saturated carbocycles. The summed E-state index contributed by atoms with van der Waals surface area (Å²) >= 11 is 3.75. The maximum absolute atomic E-state index is 6.72. The standard InChI is InChI=1S/C64H38N2OS2/c1-4-16-39(17-5-1)47-26-12-30-51-53-32-14-28-49(62(53)68-60(47)51)44-23-10-22-42(36-44)43-34-35-56-55(38-43)58-59(67-56)57(41-20-8-3-9-21-41)65-64(66-58)46-25-11-24-45(37-46)50-29-15-33-54-52-31-13-27-48(61(52)69-63(50)54)40-18-6-2-7-19-40/h1-38H. The van der Waals surface area contributed by atoms with E-state index in [2.05, 4.69) is 212 Å². The molecular weight excluding hydrogens is 877 g/mol. The number of rotatable bonds is 7. The minimum atomic E-state index is 0.653. The van der Waals surface area contributed by atoms with Gasteiger partial charge < -0.3 is 4.42 Å². The van der Waals surface area contributed by atoms with Crippen LogP contribution in [0.15, 0.2) is 235 Å². The molecule has 0 spiro atoms. The van der Waals surface area contributed by atoms with E-state index in [9.17, 15) is 0 Å². The first-order chi connectivity index (χ1) is 34.2. The minimum absolute atomic E-state index is 0.653. The number of hydrogen-bond donors (Lipinski definition) is 0. The summed E-state index contributed by atoms with van der Waals surface area (Å²) in [5.41, 5.74) is 16.9. The number of nitrogens with zero attached hydrogens (tertiary/aromatic N) is 2. The van der Waals surface area contributed by atoms with Crippen molar-refractivity contribution in [1.29, 1.82) is 0 Å². The quantitative estimate of drug-likeness (QED) is 0.160. The van der Waals surface area contributed by atoms with Crippen molar-refractivity contribution in [2.24, 2.45) is 0 Å². The second kappa shape index (κ2) is 16.1. The monoisotopic (exact) mass is 914 g/mol. The van der Waals surface area contributed by atoms with E-state index in [-0.39, 0.29) is 0 Å². The van der Waals surface area contributed by atoms with Gasteiger partial charge in [0.15, 0.2) is 11.4 Å². The fourth-order valence-electron chi connectivity index (χ4n) is 10.2. The SMILES string of the molecule is c1ccc(-c2nc(-c3cccc(-c4cccc5c4sc4c(-c6ccccc6)cccc45)c3)nc3c2oc2ccc(-c4cccc(-c5cccc6c5sc5c(-c7ccccc7)cccc56)c4)cc23)cc1. The van der Waals surface area contributed by atoms with Crippen molar-refractivity contribution in [3.63, 3.8) is 0 Å². The molecule has 69 heavy (non-hydrogen) atoms. The van der Waals surface area contributed by atoms with E-state index < -0.39 is 0 Å². The number of aromatic nitrogens is 2. The molecule has 10 aromatic carbocycles. The number of thiophene rings is 2. The Balaban J connectivity index is 0.888. The molecule has 3 nitrogen and oxygen atoms in total. The molecule has 4 aromatic heterocycles. The van der Waals surface area contributed by atoms with Gasteiger partial charge in [-0.2, -0.15) is 0 Å². The molecule has 0 amide bonds. The third-order valence-electron chi connectivity index (χ3n) is 13.5. The van der Waals surface area contributed by atoms with E-state index >= 15 is 0 Å². The number of furan rings is 1. The first kappa shape index (κ1) is 39.7. The van der Waals surface area contributed by atoms with Crippen molar-refractivity contribution >= 4 is 85.1 Å². The predicted molar refractivity (Wildman–Crippen MR) is 293 cm³/mol. The summed E-state index contributed by atoms with van der Waals surface area (Å²) in [4.78, 5) is 10.7. The third-order valence-corrected chi connectivity index (χ3v) is 16.1. The van der Waals surface area contributed by atoms with Crippen LogP contribution in [0.2, 0.25) is 0 Å². The first-order valence-corrected chi connectivity index (χ1v) is 24.8. The Bertz CT molecular complexity index is 4300. The van der Waals surface area contributed by atoms with Gasteiger partial charge in [0.05, 0.1) is 0 Å². The van der Waals surface area contributed by atoms with Crippen molar-refractivity contribution in [3.05, 3.63) is 231 Å². The molecule has 322 valence electrons. The number of fused-ring (bicyclic) bond motifs is 9. The topological polar surface area (TPSA) is 38.9 Å². The fourth-order valence-corrected chi connectivity index (χ4v) is 13.0. The van der Waals surface area contributed by atoms with Gasteiger partial charge in [-0.3, -0.25) is 0 Å². The molecule has 5 heteroatoms. The summed E-state index contributed by atoms with van der Waals surface area (Å²) in [6.07, 6.45) is 0. The van der Waals surface area contributed by atoms with Crippen LogP contribution in [0.1, 0.15) is 0 Å². The number of hydrogen-bond acceptors (Lipinski definition) is 5. The molecule has 0 aliphatic carbocycles. The molecular formula is C64H38N2OS2. The average Bonchev–Trinajstić information content (AvgIpc) is 4.13. The van der Waals surface area contributed by atoms with Crippen LogP contribution in [-0.4, -0.2) is 9.97 Å². The van der Waals surface area contributed by atoms with Crippen LogP contribution in [0, 0.1) is 0 Å². The molecule has 0 aliphatic rings. The highest BCUT2D eigenvalue weighted by atomic mass is 32.1. The van der Waals surface area contributed by atoms with E-state index in [1.54, 1.807) is 0 Å². The molecule has 0 N–H and O–H groups in total. The molecule has 0 aliphatic heterocycles. The lowest BCUT2D eigenvalue weighted by Crippen LogP contribution is -1.94. The second-order valence-corrected chi connectivity index (χ2v) is 19.6. The lowest BCUT2D eigenvalue weighted by molar-refractivity contribution is 0.667. The van der Waals surface area contributed by atoms with E-state index in [0.29, 0.717) is 11.4 Å². The van der Waals surface area contributed by atoms with Crippen molar-refractivity contribution in [2.75, 3.05) is 0 Å². The molecule has 0 atom stereocenters. The molecule has 0 unspecified atom stereocenters. The Labute approximate surface area is 405 Å². The first-order valence-electron chi connectivity index (χ1n) is 23.2. The Morgan fingerprint density at radius 2 is 0.696 bits per heavy atom. The maximum atomic E-state index is 6.72. The van der Waals surface area contributed by atoms with Gasteiger partial charge in [-0.25, -0.2) is 9.97 Å². The predicted octanol–water partition coefficient (Wildman–Crippen LogP) is 18.8. The summed E-state index contributed by atoms with van der Waals surface area (Å²) in [5.74, 6) is 0.653. The van der Waals surface area contributed by atoms with Gasteiger partial charge in [0.1, 0.15) is 16.8 Å². The summed E-state index contributed by atoms with van der Waals surface area (Å²) in [7, 11) is 0. The molecule has 0 saturated heterocycles. The maximum Gasteiger partial charge on any atom is 0.180 e. The summed E-state index contributed by atoms with van der Waals surface area (Å²) in [6, 6.07) is 82.6. The lowest BCUT2D eigenvalue weighted by Gasteiger charge is -2.09. The highest BCUT2D eigenvalue weighted by Crippen LogP contribution is 2.47. The van der Waals surface area contributed by atoms with Crippen molar-refractivity contribution < 1.29 is 4.42 Å². The molecule has 0 bridgehead atoms. The highest BCUT2D eigenvalue weighted by Gasteiger charge is 2.21. The van der Waals surface area contributed by atoms with Crippen molar-refractivity contribution in [2.45, 2.75) is 0 Å². The average molecular weight is 915 g/mol. The van der Waals surface area contributed by atoms with Crippen LogP contribution in [0.25, 0.3) is 141 Å². The summed E-state index contributed by atoms with van der Waals surface area (Å²) in [6.45, 7) is 0. The van der Waals surface area contributed by atoms with Crippen LogP contribution in [0.3, 0.4) is 0 Å². The Morgan fingerprint density at radius 1 is 0.290 bits per heavy atom. The van der Waals surface area contributed by atoms with Gasteiger partial charge in [-0.1, -0.05) is 206 Å². The van der Waals surface area contributed by atoms with Gasteiger partial charge in [0, 0.05) is 56.9 Å². The van der Waals surface area contributed by atoms with Gasteiger partial charge in [0.25, 0.3) is 0 Å². The van der Waals surface area contributed by atoms with Gasteiger partial charge in [-0.05, 0) is 79.9 Å². The van der Waals surface area contributed by atoms with Crippen molar-refractivity contribution in [3.8, 4) is 78.3 Å². The molecule has 4 heterocycles. The van der Waals surface area contributed by atoms with Gasteiger partial charge in [-0.15, -0.1) is 22.7 Å². The van der Waals surface area contributed by atoms with E-state index in [1.165, 1.54) is 79.3 Å². The minimum Gasteiger partial charge on any atom is -0.452 e. The van der Waals surface area contributed by atoms with Crippen LogP contribution >= 0.6 is 22.7 Å². The van der Waals surface area contributed by atoms with E-state index in [0.717, 1.165) is 50.0 Å². The Kier molecular flexibility index (Phi) is 9.26. The third kappa shape index (κ3) is 6.62. The smallest absolute Gasteiger partial charge is 0.180 e. The fraction of sp³-hybridized carbons (Fsp3) is 0. The molecule has 0 radical (unpaired) electrons. The van der Waals surface area contributed by atoms with Crippen LogP contribution in [0.5, 0.6) is 0 Å². The Morgan fingerprint density at radius 3 is 1.22 bits per heavy atom.